The van der Waals surface area contributed by atoms with Crippen LogP contribution < -0.4 is 0 Å². The summed E-state index contributed by atoms with van der Waals surface area (Å²) >= 11 is 0. The molecule has 1 N–H and O–H groups in total. The van der Waals surface area contributed by atoms with E-state index in [2.05, 4.69) is 0 Å². The van der Waals surface area contributed by atoms with Crippen LogP contribution in [0.25, 0.3) is 0 Å². The summed E-state index contributed by atoms with van der Waals surface area (Å²) < 4.78 is 0. The molecule has 4 nitrogen and oxygen atoms in total. The number of aldehydes is 1. The van der Waals surface area contributed by atoms with Gasteiger partial charge in [-0.3, -0.25) is 4.90 Å². The first kappa shape index (κ1) is 8.94. The average Bonchev–Trinajstić information content (AvgIpc) is 1.81. The van der Waals surface area contributed by atoms with Gasteiger partial charge in [-0.25, -0.2) is 4.79 Å². The largest absolute Gasteiger partial charge is 0.465 e. The maximum atomic E-state index is 10.3. The SMILES string of the molecule is CC(C)N(CC=O)C(=O)O. The van der Waals surface area contributed by atoms with E-state index in [1.165, 1.54) is 0 Å². The smallest absolute Gasteiger partial charge is 0.407 e. The van der Waals surface area contributed by atoms with Crippen LogP contribution in [0.2, 0.25) is 0 Å². The van der Waals surface area contributed by atoms with Crippen molar-refractivity contribution in [3.8, 4) is 0 Å². The van der Waals surface area contributed by atoms with E-state index >= 15 is 0 Å². The molecule has 0 bridgehead atoms. The summed E-state index contributed by atoms with van der Waals surface area (Å²) in [6.45, 7) is 3.39. The van der Waals surface area contributed by atoms with E-state index in [1.807, 2.05) is 0 Å². The van der Waals surface area contributed by atoms with E-state index in [9.17, 15) is 9.59 Å². The molecular formula is C6H11NO3. The summed E-state index contributed by atoms with van der Waals surface area (Å²) in [5.41, 5.74) is 0. The highest BCUT2D eigenvalue weighted by Crippen LogP contribution is 1.95. The zero-order chi connectivity index (χ0) is 8.15. The summed E-state index contributed by atoms with van der Waals surface area (Å²) in [7, 11) is 0. The normalized spacial score (nSPS) is 9.50. The van der Waals surface area contributed by atoms with Crippen molar-refractivity contribution in [3.05, 3.63) is 0 Å². The highest BCUT2D eigenvalue weighted by molar-refractivity contribution is 5.69. The Morgan fingerprint density at radius 3 is 2.30 bits per heavy atom. The number of carbonyl (C=O) groups is 2. The van der Waals surface area contributed by atoms with Crippen molar-refractivity contribution in [2.24, 2.45) is 0 Å². The molecule has 0 fully saturated rings. The third-order valence-corrected chi connectivity index (χ3v) is 1.14. The standard InChI is InChI=1S/C6H11NO3/c1-5(2)7(3-4-8)6(9)10/h4-5H,3H2,1-2H3,(H,9,10). The molecule has 0 aliphatic carbocycles. The average molecular weight is 145 g/mol. The van der Waals surface area contributed by atoms with Gasteiger partial charge in [0.25, 0.3) is 0 Å². The maximum Gasteiger partial charge on any atom is 0.407 e. The molecule has 0 aromatic heterocycles. The third-order valence-electron chi connectivity index (χ3n) is 1.14. The molecule has 0 aliphatic rings. The fraction of sp³-hybridized carbons (Fsp3) is 0.667. The molecule has 4 heteroatoms. The van der Waals surface area contributed by atoms with Crippen LogP contribution in [0.15, 0.2) is 0 Å². The van der Waals surface area contributed by atoms with E-state index in [0.717, 1.165) is 4.90 Å². The number of rotatable bonds is 3. The topological polar surface area (TPSA) is 57.6 Å². The highest BCUT2D eigenvalue weighted by atomic mass is 16.4. The van der Waals surface area contributed by atoms with Gasteiger partial charge >= 0.3 is 6.09 Å². The van der Waals surface area contributed by atoms with Crippen molar-refractivity contribution in [1.82, 2.24) is 4.90 Å². The van der Waals surface area contributed by atoms with Gasteiger partial charge in [0.1, 0.15) is 6.29 Å². The summed E-state index contributed by atoms with van der Waals surface area (Å²) in [5, 5.41) is 8.44. The van der Waals surface area contributed by atoms with E-state index in [-0.39, 0.29) is 12.6 Å². The molecule has 0 aromatic carbocycles. The molecule has 0 radical (unpaired) electrons. The van der Waals surface area contributed by atoms with Crippen molar-refractivity contribution >= 4 is 12.4 Å². The minimum absolute atomic E-state index is 0.0486. The Labute approximate surface area is 59.4 Å². The molecule has 10 heavy (non-hydrogen) atoms. The maximum absolute atomic E-state index is 10.3. The Morgan fingerprint density at radius 1 is 1.70 bits per heavy atom. The van der Waals surface area contributed by atoms with Crippen molar-refractivity contribution in [2.45, 2.75) is 19.9 Å². The minimum Gasteiger partial charge on any atom is -0.465 e. The third kappa shape index (κ3) is 2.48. The summed E-state index contributed by atoms with van der Waals surface area (Å²) in [5.74, 6) is 0. The predicted molar refractivity (Wildman–Crippen MR) is 35.9 cm³/mol. The van der Waals surface area contributed by atoms with Gasteiger partial charge in [0.05, 0.1) is 6.54 Å². The van der Waals surface area contributed by atoms with Gasteiger partial charge in [0, 0.05) is 6.04 Å². The first-order valence-electron chi connectivity index (χ1n) is 3.02. The number of carbonyl (C=O) groups excluding carboxylic acids is 1. The highest BCUT2D eigenvalue weighted by Gasteiger charge is 2.13. The van der Waals surface area contributed by atoms with Gasteiger partial charge in [0.15, 0.2) is 0 Å². The van der Waals surface area contributed by atoms with E-state index in [0.29, 0.717) is 6.29 Å². The van der Waals surface area contributed by atoms with Crippen LogP contribution in [0.1, 0.15) is 13.8 Å². The second kappa shape index (κ2) is 3.87. The van der Waals surface area contributed by atoms with E-state index in [4.69, 9.17) is 5.11 Å². The molecule has 0 saturated heterocycles. The number of hydrogen-bond acceptors (Lipinski definition) is 2. The quantitative estimate of drug-likeness (QED) is 0.591. The van der Waals surface area contributed by atoms with E-state index in [1.54, 1.807) is 13.8 Å². The van der Waals surface area contributed by atoms with Crippen LogP contribution in [0, 0.1) is 0 Å². The fourth-order valence-electron chi connectivity index (χ4n) is 0.590. The molecule has 58 valence electrons. The van der Waals surface area contributed by atoms with Gasteiger partial charge in [-0.1, -0.05) is 0 Å². The van der Waals surface area contributed by atoms with Crippen LogP contribution >= 0.6 is 0 Å². The number of hydrogen-bond donors (Lipinski definition) is 1. The molecule has 0 aromatic rings. The molecule has 0 unspecified atom stereocenters. The lowest BCUT2D eigenvalue weighted by Crippen LogP contribution is -2.36. The molecular weight excluding hydrogens is 134 g/mol. The molecule has 1 amide bonds. The summed E-state index contributed by atoms with van der Waals surface area (Å²) in [4.78, 5) is 21.3. The van der Waals surface area contributed by atoms with Crippen molar-refractivity contribution in [1.29, 1.82) is 0 Å². The molecule has 0 aliphatic heterocycles. The van der Waals surface area contributed by atoms with Crippen LogP contribution in [0.5, 0.6) is 0 Å². The van der Waals surface area contributed by atoms with Gasteiger partial charge in [-0.05, 0) is 13.8 Å². The van der Waals surface area contributed by atoms with Crippen molar-refractivity contribution < 1.29 is 14.7 Å². The van der Waals surface area contributed by atoms with Gasteiger partial charge in [-0.2, -0.15) is 0 Å². The van der Waals surface area contributed by atoms with E-state index < -0.39 is 6.09 Å². The van der Waals surface area contributed by atoms with Crippen molar-refractivity contribution in [2.75, 3.05) is 6.54 Å². The zero-order valence-electron chi connectivity index (χ0n) is 6.07. The lowest BCUT2D eigenvalue weighted by molar-refractivity contribution is -0.108. The zero-order valence-corrected chi connectivity index (χ0v) is 6.07. The van der Waals surface area contributed by atoms with Crippen LogP contribution in [-0.2, 0) is 4.79 Å². The predicted octanol–water partition coefficient (Wildman–Crippen LogP) is 0.574. The Kier molecular flexibility index (Phi) is 3.46. The Bertz CT molecular complexity index is 133. The van der Waals surface area contributed by atoms with Crippen LogP contribution in [0.3, 0.4) is 0 Å². The second-order valence-corrected chi connectivity index (χ2v) is 2.20. The van der Waals surface area contributed by atoms with Gasteiger partial charge in [-0.15, -0.1) is 0 Å². The number of amides is 1. The summed E-state index contributed by atoms with van der Waals surface area (Å²) in [6, 6.07) is -0.136. The Balaban J connectivity index is 3.97. The first-order chi connectivity index (χ1) is 4.59. The van der Waals surface area contributed by atoms with Gasteiger partial charge < -0.3 is 9.90 Å². The first-order valence-corrected chi connectivity index (χ1v) is 3.02. The molecule has 0 spiro atoms. The molecule has 0 rings (SSSR count). The molecule has 0 saturated carbocycles. The molecule has 0 heterocycles. The lowest BCUT2D eigenvalue weighted by Gasteiger charge is -2.19. The van der Waals surface area contributed by atoms with Gasteiger partial charge in [0.2, 0.25) is 0 Å². The lowest BCUT2D eigenvalue weighted by atomic mass is 10.3. The fourth-order valence-corrected chi connectivity index (χ4v) is 0.590. The number of carboxylic acid groups (broad SMARTS) is 1. The molecule has 0 atom stereocenters. The summed E-state index contributed by atoms with van der Waals surface area (Å²) in [6.07, 6.45) is -0.476. The van der Waals surface area contributed by atoms with Crippen molar-refractivity contribution in [3.63, 3.8) is 0 Å². The Morgan fingerprint density at radius 2 is 2.20 bits per heavy atom. The minimum atomic E-state index is -1.05. The van der Waals surface area contributed by atoms with Crippen LogP contribution in [0.4, 0.5) is 4.79 Å². The van der Waals surface area contributed by atoms with Crippen LogP contribution in [-0.4, -0.2) is 35.0 Å². The Hall–Kier alpha value is -1.06. The monoisotopic (exact) mass is 145 g/mol. The number of nitrogens with zero attached hydrogens (tertiary/aromatic N) is 1. The second-order valence-electron chi connectivity index (χ2n) is 2.20.